The number of carbonyl (C=O) groups excluding carboxylic acids is 1. The zero-order valence-corrected chi connectivity index (χ0v) is 32.0. The SMILES string of the molecule is Cc1c(COc2ccc(C(NCCOCCOCCOCCOCCC(N)=O)C(C3CCCCC3)C3CCCCC3)cn2)cccc1-c1ccccc1. The van der Waals surface area contributed by atoms with E-state index in [1.807, 2.05) is 0 Å². The molecule has 3 N–H and O–H groups in total. The lowest BCUT2D eigenvalue weighted by Crippen LogP contribution is -2.40. The lowest BCUT2D eigenvalue weighted by molar-refractivity contribution is -0.119. The fourth-order valence-corrected chi connectivity index (χ4v) is 8.25. The van der Waals surface area contributed by atoms with Crippen LogP contribution < -0.4 is 15.8 Å². The number of pyridine rings is 1. The molecule has 0 saturated heterocycles. The molecule has 1 atom stereocenters. The molecular weight excluding hydrogens is 666 g/mol. The number of amides is 1. The minimum Gasteiger partial charge on any atom is -0.473 e. The van der Waals surface area contributed by atoms with Crippen molar-refractivity contribution in [3.8, 4) is 17.0 Å². The van der Waals surface area contributed by atoms with Gasteiger partial charge in [-0.05, 0) is 52.5 Å². The molecule has 2 aliphatic rings. The van der Waals surface area contributed by atoms with Gasteiger partial charge in [0, 0.05) is 31.3 Å². The van der Waals surface area contributed by atoms with E-state index in [1.165, 1.54) is 92.0 Å². The van der Waals surface area contributed by atoms with Crippen LogP contribution in [0.15, 0.2) is 66.9 Å². The van der Waals surface area contributed by atoms with Crippen molar-refractivity contribution in [2.45, 2.75) is 90.2 Å². The third-order valence-corrected chi connectivity index (χ3v) is 11.0. The second kappa shape index (κ2) is 23.4. The standard InChI is InChI=1S/C44H63N3O6/c1-34-39(18-11-19-40(34)35-12-5-2-6-13-35)33-53-42-21-20-38(32-47-42)44(43(36-14-7-3-8-15-36)37-16-9-4-10-17-37)46-23-25-50-27-29-52-31-30-51-28-26-49-24-22-41(45)48/h2,5-6,11-13,18-21,32,36-37,43-44,46H,3-4,7-10,14-17,22-31,33H2,1H3,(H2,45,48). The number of ether oxygens (including phenoxy) is 5. The maximum atomic E-state index is 10.7. The van der Waals surface area contributed by atoms with Crippen molar-refractivity contribution in [3.05, 3.63) is 83.6 Å². The summed E-state index contributed by atoms with van der Waals surface area (Å²) in [5.74, 6) is 2.36. The number of carbonyl (C=O) groups is 1. The molecule has 2 fully saturated rings. The molecule has 1 heterocycles. The number of hydrogen-bond acceptors (Lipinski definition) is 8. The topological polar surface area (TPSA) is 114 Å². The minimum absolute atomic E-state index is 0.226. The van der Waals surface area contributed by atoms with Crippen molar-refractivity contribution >= 4 is 5.91 Å². The third kappa shape index (κ3) is 13.8. The molecule has 2 saturated carbocycles. The molecule has 53 heavy (non-hydrogen) atoms. The summed E-state index contributed by atoms with van der Waals surface area (Å²) < 4.78 is 28.8. The molecule has 290 valence electrons. The van der Waals surface area contributed by atoms with Crippen molar-refractivity contribution < 1.29 is 28.5 Å². The van der Waals surface area contributed by atoms with Gasteiger partial charge < -0.3 is 34.7 Å². The zero-order valence-electron chi connectivity index (χ0n) is 32.0. The fraction of sp³-hybridized carbons (Fsp3) is 0.591. The first-order valence-electron chi connectivity index (χ1n) is 20.2. The van der Waals surface area contributed by atoms with Gasteiger partial charge in [-0.15, -0.1) is 0 Å². The van der Waals surface area contributed by atoms with E-state index in [0.29, 0.717) is 71.3 Å². The van der Waals surface area contributed by atoms with Gasteiger partial charge in [0.2, 0.25) is 11.8 Å². The van der Waals surface area contributed by atoms with Gasteiger partial charge >= 0.3 is 0 Å². The van der Waals surface area contributed by atoms with Gasteiger partial charge in [-0.3, -0.25) is 4.79 Å². The molecule has 2 aliphatic carbocycles. The predicted octanol–water partition coefficient (Wildman–Crippen LogP) is 7.99. The highest BCUT2D eigenvalue weighted by Gasteiger charge is 2.37. The third-order valence-electron chi connectivity index (χ3n) is 11.0. The molecule has 1 unspecified atom stereocenters. The van der Waals surface area contributed by atoms with Crippen LogP contribution in [0.4, 0.5) is 0 Å². The molecule has 0 aliphatic heterocycles. The molecule has 0 bridgehead atoms. The number of rotatable bonds is 24. The molecule has 0 radical (unpaired) electrons. The van der Waals surface area contributed by atoms with Crippen LogP contribution in [0.25, 0.3) is 11.1 Å². The van der Waals surface area contributed by atoms with E-state index in [0.717, 1.165) is 18.4 Å². The number of nitrogens with one attached hydrogen (secondary N) is 1. The van der Waals surface area contributed by atoms with Gasteiger partial charge in [0.15, 0.2) is 0 Å². The lowest BCUT2D eigenvalue weighted by atomic mass is 9.65. The molecular formula is C44H63N3O6. The first kappa shape index (κ1) is 40.8. The summed E-state index contributed by atoms with van der Waals surface area (Å²) in [5, 5.41) is 3.98. The van der Waals surface area contributed by atoms with Crippen LogP contribution in [-0.4, -0.2) is 70.3 Å². The van der Waals surface area contributed by atoms with Crippen LogP contribution in [0.2, 0.25) is 0 Å². The number of hydrogen-bond donors (Lipinski definition) is 2. The summed E-state index contributed by atoms with van der Waals surface area (Å²) in [5.41, 5.74) is 11.2. The van der Waals surface area contributed by atoms with Crippen molar-refractivity contribution in [2.24, 2.45) is 23.5 Å². The Balaban J connectivity index is 1.13. The van der Waals surface area contributed by atoms with E-state index in [4.69, 9.17) is 34.4 Å². The highest BCUT2D eigenvalue weighted by molar-refractivity contribution is 5.73. The molecule has 1 aromatic heterocycles. The Hall–Kier alpha value is -3.34. The Bertz CT molecular complexity index is 1430. The van der Waals surface area contributed by atoms with Gasteiger partial charge in [-0.1, -0.05) is 119 Å². The van der Waals surface area contributed by atoms with Crippen LogP contribution >= 0.6 is 0 Å². The number of primary amides is 1. The van der Waals surface area contributed by atoms with E-state index in [-0.39, 0.29) is 18.4 Å². The van der Waals surface area contributed by atoms with E-state index in [2.05, 4.69) is 79.1 Å². The quantitative estimate of drug-likeness (QED) is 0.0893. The summed E-state index contributed by atoms with van der Waals surface area (Å²) >= 11 is 0. The van der Waals surface area contributed by atoms with Gasteiger partial charge in [0.25, 0.3) is 0 Å². The van der Waals surface area contributed by atoms with Gasteiger partial charge in [0.1, 0.15) is 6.61 Å². The molecule has 9 nitrogen and oxygen atoms in total. The van der Waals surface area contributed by atoms with Gasteiger partial charge in [-0.25, -0.2) is 4.98 Å². The first-order chi connectivity index (χ1) is 26.1. The summed E-state index contributed by atoms with van der Waals surface area (Å²) in [7, 11) is 0. The summed E-state index contributed by atoms with van der Waals surface area (Å²) in [4.78, 5) is 15.6. The van der Waals surface area contributed by atoms with Crippen LogP contribution in [0.3, 0.4) is 0 Å². The summed E-state index contributed by atoms with van der Waals surface area (Å²) in [6.07, 6.45) is 15.7. The minimum atomic E-state index is -0.360. The van der Waals surface area contributed by atoms with Gasteiger partial charge in [-0.2, -0.15) is 0 Å². The number of benzene rings is 2. The van der Waals surface area contributed by atoms with E-state index >= 15 is 0 Å². The molecule has 1 amide bonds. The Labute approximate surface area is 317 Å². The highest BCUT2D eigenvalue weighted by atomic mass is 16.6. The number of nitrogens with two attached hydrogens (primary N) is 1. The molecule has 3 aromatic rings. The first-order valence-corrected chi connectivity index (χ1v) is 20.2. The molecule has 9 heteroatoms. The van der Waals surface area contributed by atoms with E-state index in [1.54, 1.807) is 0 Å². The van der Waals surface area contributed by atoms with Crippen molar-refractivity contribution in [1.82, 2.24) is 10.3 Å². The van der Waals surface area contributed by atoms with Crippen LogP contribution in [-0.2, 0) is 30.3 Å². The normalized spacial score (nSPS) is 16.2. The highest BCUT2D eigenvalue weighted by Crippen LogP contribution is 2.46. The van der Waals surface area contributed by atoms with Gasteiger partial charge in [0.05, 0.1) is 52.9 Å². The van der Waals surface area contributed by atoms with Crippen molar-refractivity contribution in [2.75, 3.05) is 59.4 Å². The van der Waals surface area contributed by atoms with Crippen LogP contribution in [0.5, 0.6) is 5.88 Å². The predicted molar refractivity (Wildman–Crippen MR) is 210 cm³/mol. The maximum Gasteiger partial charge on any atom is 0.219 e. The Morgan fingerprint density at radius 1 is 0.736 bits per heavy atom. The maximum absolute atomic E-state index is 10.7. The van der Waals surface area contributed by atoms with Crippen molar-refractivity contribution in [3.63, 3.8) is 0 Å². The summed E-state index contributed by atoms with van der Waals surface area (Å²) in [6, 6.07) is 21.5. The number of nitrogens with zero attached hydrogens (tertiary/aromatic N) is 1. The average Bonchev–Trinajstić information content (AvgIpc) is 3.19. The molecule has 0 spiro atoms. The monoisotopic (exact) mass is 729 g/mol. The Kier molecular flexibility index (Phi) is 18.1. The Morgan fingerprint density at radius 3 is 1.92 bits per heavy atom. The number of aromatic nitrogens is 1. The largest absolute Gasteiger partial charge is 0.473 e. The van der Waals surface area contributed by atoms with Crippen LogP contribution in [0.1, 0.15) is 93.4 Å². The zero-order chi connectivity index (χ0) is 36.9. The smallest absolute Gasteiger partial charge is 0.219 e. The second-order valence-electron chi connectivity index (χ2n) is 14.6. The van der Waals surface area contributed by atoms with E-state index < -0.39 is 0 Å². The average molecular weight is 730 g/mol. The molecule has 2 aromatic carbocycles. The molecule has 5 rings (SSSR count). The van der Waals surface area contributed by atoms with E-state index in [9.17, 15) is 4.79 Å². The Morgan fingerprint density at radius 2 is 1.34 bits per heavy atom. The van der Waals surface area contributed by atoms with Crippen LogP contribution in [0, 0.1) is 24.7 Å². The second-order valence-corrected chi connectivity index (χ2v) is 14.6. The fourth-order valence-electron chi connectivity index (χ4n) is 8.25. The summed E-state index contributed by atoms with van der Waals surface area (Å²) in [6.45, 7) is 7.33. The van der Waals surface area contributed by atoms with Crippen molar-refractivity contribution in [1.29, 1.82) is 0 Å². The lowest BCUT2D eigenvalue weighted by Gasteiger charge is -2.43.